The summed E-state index contributed by atoms with van der Waals surface area (Å²) in [5, 5.41) is 0. The van der Waals surface area contributed by atoms with Crippen LogP contribution in [0, 0.1) is 6.92 Å². The fourth-order valence-electron chi connectivity index (χ4n) is 1.75. The van der Waals surface area contributed by atoms with Gasteiger partial charge < -0.3 is 9.47 Å². The Balaban J connectivity index is 0.000000606. The molecule has 0 saturated heterocycles. The fraction of sp³-hybridized carbons (Fsp3) is 0.636. The number of halogens is 1. The van der Waals surface area contributed by atoms with Crippen LogP contribution in [-0.4, -0.2) is 26.9 Å². The third-order valence-electron chi connectivity index (χ3n) is 2.61. The molecule has 0 spiro atoms. The SMILES string of the molecule is CC.CC(=O)N1CCn2c(Br)nc(C)c2C1. The third kappa shape index (κ3) is 2.45. The summed E-state index contributed by atoms with van der Waals surface area (Å²) < 4.78 is 2.99. The highest BCUT2D eigenvalue weighted by molar-refractivity contribution is 9.10. The van der Waals surface area contributed by atoms with Crippen molar-refractivity contribution in [3.05, 3.63) is 16.1 Å². The Bertz CT molecular complexity index is 387. The molecule has 4 nitrogen and oxygen atoms in total. The van der Waals surface area contributed by atoms with Crippen molar-refractivity contribution >= 4 is 21.8 Å². The molecule has 0 aromatic carbocycles. The largest absolute Gasteiger partial charge is 0.335 e. The maximum atomic E-state index is 11.2. The number of amides is 1. The maximum Gasteiger partial charge on any atom is 0.219 e. The Kier molecular flexibility index (Phi) is 4.53. The zero-order chi connectivity index (χ0) is 12.3. The van der Waals surface area contributed by atoms with Crippen LogP contribution in [0.4, 0.5) is 0 Å². The Morgan fingerprint density at radius 1 is 1.38 bits per heavy atom. The molecule has 90 valence electrons. The highest BCUT2D eigenvalue weighted by Crippen LogP contribution is 2.21. The second kappa shape index (κ2) is 5.48. The van der Waals surface area contributed by atoms with E-state index < -0.39 is 0 Å². The maximum absolute atomic E-state index is 11.2. The predicted octanol–water partition coefficient (Wildman–Crippen LogP) is 2.34. The topological polar surface area (TPSA) is 38.1 Å². The number of hydrogen-bond donors (Lipinski definition) is 0. The van der Waals surface area contributed by atoms with Gasteiger partial charge in [0.1, 0.15) is 0 Å². The Morgan fingerprint density at radius 3 is 2.56 bits per heavy atom. The molecule has 0 unspecified atom stereocenters. The molecule has 0 atom stereocenters. The van der Waals surface area contributed by atoms with Gasteiger partial charge in [0.2, 0.25) is 5.91 Å². The zero-order valence-electron chi connectivity index (χ0n) is 10.2. The van der Waals surface area contributed by atoms with Gasteiger partial charge in [-0.1, -0.05) is 13.8 Å². The van der Waals surface area contributed by atoms with E-state index in [0.717, 1.165) is 29.2 Å². The molecule has 0 N–H and O–H groups in total. The van der Waals surface area contributed by atoms with Crippen molar-refractivity contribution < 1.29 is 4.79 Å². The van der Waals surface area contributed by atoms with E-state index in [1.165, 1.54) is 0 Å². The molecule has 1 amide bonds. The summed E-state index contributed by atoms with van der Waals surface area (Å²) in [4.78, 5) is 17.4. The molecule has 0 fully saturated rings. The molecule has 0 bridgehead atoms. The van der Waals surface area contributed by atoms with E-state index >= 15 is 0 Å². The quantitative estimate of drug-likeness (QED) is 0.735. The molecule has 1 aromatic heterocycles. The van der Waals surface area contributed by atoms with Crippen molar-refractivity contribution in [2.45, 2.75) is 40.8 Å². The van der Waals surface area contributed by atoms with Gasteiger partial charge in [0, 0.05) is 20.0 Å². The molecule has 1 aliphatic rings. The molecule has 5 heteroatoms. The average Bonchev–Trinajstić information content (AvgIpc) is 2.57. The normalized spacial score (nSPS) is 13.9. The first-order valence-corrected chi connectivity index (χ1v) is 6.36. The number of carbonyl (C=O) groups is 1. The summed E-state index contributed by atoms with van der Waals surface area (Å²) in [5.41, 5.74) is 2.14. The Hall–Kier alpha value is -0.840. The zero-order valence-corrected chi connectivity index (χ0v) is 11.8. The number of carbonyl (C=O) groups excluding carboxylic acids is 1. The van der Waals surface area contributed by atoms with E-state index in [9.17, 15) is 4.79 Å². The van der Waals surface area contributed by atoms with Gasteiger partial charge >= 0.3 is 0 Å². The van der Waals surface area contributed by atoms with E-state index in [4.69, 9.17) is 0 Å². The van der Waals surface area contributed by atoms with Crippen molar-refractivity contribution in [1.29, 1.82) is 0 Å². The lowest BCUT2D eigenvalue weighted by molar-refractivity contribution is -0.130. The number of nitrogens with zero attached hydrogens (tertiary/aromatic N) is 3. The van der Waals surface area contributed by atoms with Crippen LogP contribution in [0.25, 0.3) is 0 Å². The van der Waals surface area contributed by atoms with Crippen molar-refractivity contribution in [1.82, 2.24) is 14.5 Å². The van der Waals surface area contributed by atoms with Crippen LogP contribution in [0.3, 0.4) is 0 Å². The molecule has 2 heterocycles. The number of aryl methyl sites for hydroxylation is 1. The van der Waals surface area contributed by atoms with Gasteiger partial charge in [0.15, 0.2) is 4.73 Å². The first-order chi connectivity index (χ1) is 7.59. The second-order valence-electron chi connectivity index (χ2n) is 3.51. The Morgan fingerprint density at radius 2 is 2.00 bits per heavy atom. The average molecular weight is 288 g/mol. The number of imidazole rings is 1. The minimum atomic E-state index is 0.132. The van der Waals surface area contributed by atoms with Crippen LogP contribution in [0.2, 0.25) is 0 Å². The number of hydrogen-bond acceptors (Lipinski definition) is 2. The monoisotopic (exact) mass is 287 g/mol. The van der Waals surface area contributed by atoms with Crippen molar-refractivity contribution in [2.75, 3.05) is 6.54 Å². The number of aromatic nitrogens is 2. The summed E-state index contributed by atoms with van der Waals surface area (Å²) in [6.45, 7) is 9.86. The summed E-state index contributed by atoms with van der Waals surface area (Å²) in [6, 6.07) is 0. The van der Waals surface area contributed by atoms with Gasteiger partial charge in [-0.25, -0.2) is 4.98 Å². The van der Waals surface area contributed by atoms with Crippen molar-refractivity contribution in [2.24, 2.45) is 0 Å². The van der Waals surface area contributed by atoms with Gasteiger partial charge in [-0.15, -0.1) is 0 Å². The van der Waals surface area contributed by atoms with Crippen LogP contribution >= 0.6 is 15.9 Å². The highest BCUT2D eigenvalue weighted by atomic mass is 79.9. The first-order valence-electron chi connectivity index (χ1n) is 5.56. The summed E-state index contributed by atoms with van der Waals surface area (Å²) in [7, 11) is 0. The van der Waals surface area contributed by atoms with Crippen LogP contribution < -0.4 is 0 Å². The fourth-order valence-corrected chi connectivity index (χ4v) is 2.40. The summed E-state index contributed by atoms with van der Waals surface area (Å²) in [6.07, 6.45) is 0. The number of rotatable bonds is 0. The standard InChI is InChI=1S/C9H12BrN3O.C2H6/c1-6-8-5-12(7(2)14)3-4-13(8)9(10)11-6;1-2/h3-5H2,1-2H3;1-2H3. The minimum Gasteiger partial charge on any atom is -0.335 e. The molecule has 1 aromatic rings. The number of fused-ring (bicyclic) bond motifs is 1. The minimum absolute atomic E-state index is 0.132. The molecule has 1 aliphatic heterocycles. The van der Waals surface area contributed by atoms with Crippen LogP contribution in [-0.2, 0) is 17.9 Å². The molecular weight excluding hydrogens is 270 g/mol. The molecule has 16 heavy (non-hydrogen) atoms. The molecule has 2 rings (SSSR count). The first kappa shape index (κ1) is 13.2. The van der Waals surface area contributed by atoms with E-state index in [2.05, 4.69) is 25.5 Å². The molecular formula is C11H18BrN3O. The Labute approximate surface area is 105 Å². The van der Waals surface area contributed by atoms with Gasteiger partial charge in [-0.2, -0.15) is 0 Å². The van der Waals surface area contributed by atoms with E-state index in [1.807, 2.05) is 25.7 Å². The van der Waals surface area contributed by atoms with E-state index in [1.54, 1.807) is 6.92 Å². The molecule has 0 saturated carbocycles. The van der Waals surface area contributed by atoms with E-state index in [0.29, 0.717) is 6.54 Å². The van der Waals surface area contributed by atoms with Gasteiger partial charge in [0.05, 0.1) is 17.9 Å². The molecule has 0 radical (unpaired) electrons. The lowest BCUT2D eigenvalue weighted by atomic mass is 10.2. The van der Waals surface area contributed by atoms with Crippen molar-refractivity contribution in [3.63, 3.8) is 0 Å². The van der Waals surface area contributed by atoms with E-state index in [-0.39, 0.29) is 5.91 Å². The second-order valence-corrected chi connectivity index (χ2v) is 4.21. The molecule has 0 aliphatic carbocycles. The lowest BCUT2D eigenvalue weighted by Gasteiger charge is -2.27. The van der Waals surface area contributed by atoms with Gasteiger partial charge in [0.25, 0.3) is 0 Å². The van der Waals surface area contributed by atoms with Crippen LogP contribution in [0.15, 0.2) is 4.73 Å². The van der Waals surface area contributed by atoms with Gasteiger partial charge in [-0.3, -0.25) is 4.79 Å². The van der Waals surface area contributed by atoms with Gasteiger partial charge in [-0.05, 0) is 22.9 Å². The lowest BCUT2D eigenvalue weighted by Crippen LogP contribution is -2.36. The third-order valence-corrected chi connectivity index (χ3v) is 3.21. The van der Waals surface area contributed by atoms with Crippen LogP contribution in [0.5, 0.6) is 0 Å². The smallest absolute Gasteiger partial charge is 0.219 e. The predicted molar refractivity (Wildman–Crippen MR) is 67.1 cm³/mol. The summed E-state index contributed by atoms with van der Waals surface area (Å²) in [5.74, 6) is 0.132. The highest BCUT2D eigenvalue weighted by Gasteiger charge is 2.22. The van der Waals surface area contributed by atoms with Crippen LogP contribution in [0.1, 0.15) is 32.2 Å². The summed E-state index contributed by atoms with van der Waals surface area (Å²) >= 11 is 3.41. The van der Waals surface area contributed by atoms with Crippen molar-refractivity contribution in [3.8, 4) is 0 Å².